The monoisotopic (exact) mass is 236 g/mol. The van der Waals surface area contributed by atoms with E-state index in [1.54, 1.807) is 12.1 Å². The number of benzene rings is 1. The van der Waals surface area contributed by atoms with E-state index in [0.29, 0.717) is 0 Å². The van der Waals surface area contributed by atoms with Gasteiger partial charge in [-0.3, -0.25) is 0 Å². The summed E-state index contributed by atoms with van der Waals surface area (Å²) in [5, 5.41) is 0. The standard InChI is InChI=1S/C15H18F2/c1-5-13(11(2)3)10-12-6-8-14(9-7-12)15(4,16)17/h5-9,13H,1-2,10H2,3-4H3. The highest BCUT2D eigenvalue weighted by Crippen LogP contribution is 2.27. The molecule has 0 N–H and O–H groups in total. The number of allylic oxidation sites excluding steroid dienone is 2. The zero-order valence-corrected chi connectivity index (χ0v) is 10.3. The molecule has 1 aromatic carbocycles. The zero-order chi connectivity index (χ0) is 13.1. The average Bonchev–Trinajstić information content (AvgIpc) is 2.25. The van der Waals surface area contributed by atoms with Crippen molar-refractivity contribution in [2.45, 2.75) is 26.2 Å². The van der Waals surface area contributed by atoms with Crippen molar-refractivity contribution in [1.82, 2.24) is 0 Å². The minimum atomic E-state index is -2.77. The molecule has 0 heterocycles. The van der Waals surface area contributed by atoms with Crippen LogP contribution in [0, 0.1) is 5.92 Å². The lowest BCUT2D eigenvalue weighted by molar-refractivity contribution is 0.0174. The first-order valence-corrected chi connectivity index (χ1v) is 5.59. The second kappa shape index (κ2) is 5.26. The van der Waals surface area contributed by atoms with Gasteiger partial charge < -0.3 is 0 Å². The maximum absolute atomic E-state index is 13.0. The molecule has 1 atom stereocenters. The topological polar surface area (TPSA) is 0 Å². The Labute approximate surface area is 102 Å². The van der Waals surface area contributed by atoms with Gasteiger partial charge in [-0.25, -0.2) is 8.78 Å². The minimum Gasteiger partial charge on any atom is -0.202 e. The van der Waals surface area contributed by atoms with Crippen molar-refractivity contribution in [2.75, 3.05) is 0 Å². The van der Waals surface area contributed by atoms with Crippen molar-refractivity contribution in [3.63, 3.8) is 0 Å². The van der Waals surface area contributed by atoms with Gasteiger partial charge in [-0.15, -0.1) is 6.58 Å². The third-order valence-electron chi connectivity index (χ3n) is 2.83. The summed E-state index contributed by atoms with van der Waals surface area (Å²) >= 11 is 0. The van der Waals surface area contributed by atoms with Crippen molar-refractivity contribution < 1.29 is 8.78 Å². The van der Waals surface area contributed by atoms with Crippen LogP contribution < -0.4 is 0 Å². The molecule has 0 spiro atoms. The first-order valence-electron chi connectivity index (χ1n) is 5.59. The smallest absolute Gasteiger partial charge is 0.202 e. The van der Waals surface area contributed by atoms with Gasteiger partial charge >= 0.3 is 0 Å². The summed E-state index contributed by atoms with van der Waals surface area (Å²) in [5.74, 6) is -2.58. The van der Waals surface area contributed by atoms with Crippen molar-refractivity contribution in [2.24, 2.45) is 5.92 Å². The fourth-order valence-corrected chi connectivity index (χ4v) is 1.65. The molecule has 1 unspecified atom stereocenters. The van der Waals surface area contributed by atoms with Crippen LogP contribution in [0.5, 0.6) is 0 Å². The van der Waals surface area contributed by atoms with E-state index < -0.39 is 5.92 Å². The summed E-state index contributed by atoms with van der Waals surface area (Å²) in [6, 6.07) is 6.44. The molecule has 0 saturated carbocycles. The van der Waals surface area contributed by atoms with Crippen LogP contribution in [0.3, 0.4) is 0 Å². The quantitative estimate of drug-likeness (QED) is 0.649. The number of hydrogen-bond donors (Lipinski definition) is 0. The predicted octanol–water partition coefficient (Wildman–Crippen LogP) is 4.72. The van der Waals surface area contributed by atoms with Gasteiger partial charge in [0.15, 0.2) is 0 Å². The zero-order valence-electron chi connectivity index (χ0n) is 10.3. The molecule has 0 aliphatic rings. The normalized spacial score (nSPS) is 13.2. The van der Waals surface area contributed by atoms with Crippen LogP contribution in [-0.4, -0.2) is 0 Å². The number of halogens is 2. The lowest BCUT2D eigenvalue weighted by Crippen LogP contribution is -2.07. The van der Waals surface area contributed by atoms with Crippen molar-refractivity contribution in [1.29, 1.82) is 0 Å². The Kier molecular flexibility index (Phi) is 4.22. The maximum Gasteiger partial charge on any atom is 0.270 e. The van der Waals surface area contributed by atoms with Crippen molar-refractivity contribution in [3.8, 4) is 0 Å². The first-order chi connectivity index (χ1) is 7.84. The Bertz CT molecular complexity index is 396. The molecular formula is C15H18F2. The number of hydrogen-bond acceptors (Lipinski definition) is 0. The molecule has 2 heteroatoms. The van der Waals surface area contributed by atoms with Crippen LogP contribution in [0.25, 0.3) is 0 Å². The van der Waals surface area contributed by atoms with Gasteiger partial charge in [-0.05, 0) is 18.9 Å². The van der Waals surface area contributed by atoms with E-state index in [2.05, 4.69) is 13.2 Å². The maximum atomic E-state index is 13.0. The summed E-state index contributed by atoms with van der Waals surface area (Å²) in [5.41, 5.74) is 2.10. The summed E-state index contributed by atoms with van der Waals surface area (Å²) in [7, 11) is 0. The number of alkyl halides is 2. The van der Waals surface area contributed by atoms with E-state index in [-0.39, 0.29) is 11.5 Å². The van der Waals surface area contributed by atoms with Crippen molar-refractivity contribution in [3.05, 3.63) is 60.2 Å². The van der Waals surface area contributed by atoms with Gasteiger partial charge in [0, 0.05) is 18.4 Å². The third kappa shape index (κ3) is 3.81. The Morgan fingerprint density at radius 3 is 2.24 bits per heavy atom. The first kappa shape index (κ1) is 13.6. The molecule has 1 rings (SSSR count). The van der Waals surface area contributed by atoms with Gasteiger partial charge in [0.25, 0.3) is 5.92 Å². The SMILES string of the molecule is C=CC(Cc1ccc(C(C)(F)F)cc1)C(=C)C. The summed E-state index contributed by atoms with van der Waals surface area (Å²) in [6.07, 6.45) is 2.60. The van der Waals surface area contributed by atoms with Crippen LogP contribution in [0.1, 0.15) is 25.0 Å². The molecule has 0 aliphatic heterocycles. The third-order valence-corrected chi connectivity index (χ3v) is 2.83. The van der Waals surface area contributed by atoms with Gasteiger partial charge in [0.05, 0.1) is 0 Å². The Hall–Kier alpha value is -1.44. The van der Waals surface area contributed by atoms with E-state index in [1.165, 1.54) is 12.1 Å². The number of rotatable bonds is 5. The van der Waals surface area contributed by atoms with E-state index >= 15 is 0 Å². The van der Waals surface area contributed by atoms with E-state index in [1.807, 2.05) is 13.0 Å². The van der Waals surface area contributed by atoms with Crippen LogP contribution in [-0.2, 0) is 12.3 Å². The molecule has 0 nitrogen and oxygen atoms in total. The van der Waals surface area contributed by atoms with Gasteiger partial charge in [-0.2, -0.15) is 0 Å². The highest BCUT2D eigenvalue weighted by molar-refractivity contribution is 5.27. The summed E-state index contributed by atoms with van der Waals surface area (Å²) in [6.45, 7) is 10.5. The lowest BCUT2D eigenvalue weighted by Gasteiger charge is -2.14. The Morgan fingerprint density at radius 1 is 1.35 bits per heavy atom. The minimum absolute atomic E-state index is 0.0479. The van der Waals surface area contributed by atoms with E-state index in [0.717, 1.165) is 24.5 Å². The van der Waals surface area contributed by atoms with Crippen LogP contribution in [0.4, 0.5) is 8.78 Å². The fourth-order valence-electron chi connectivity index (χ4n) is 1.65. The van der Waals surface area contributed by atoms with E-state index in [4.69, 9.17) is 0 Å². The molecule has 0 bridgehead atoms. The molecule has 0 radical (unpaired) electrons. The molecule has 0 aliphatic carbocycles. The van der Waals surface area contributed by atoms with Crippen LogP contribution in [0.15, 0.2) is 49.1 Å². The van der Waals surface area contributed by atoms with Gasteiger partial charge in [-0.1, -0.05) is 42.5 Å². The second-order valence-corrected chi connectivity index (χ2v) is 4.48. The molecular weight excluding hydrogens is 218 g/mol. The van der Waals surface area contributed by atoms with Crippen LogP contribution in [0.2, 0.25) is 0 Å². The fraction of sp³-hybridized carbons (Fsp3) is 0.333. The molecule has 92 valence electrons. The highest BCUT2D eigenvalue weighted by Gasteiger charge is 2.23. The average molecular weight is 236 g/mol. The molecule has 0 saturated heterocycles. The summed E-state index contributed by atoms with van der Waals surface area (Å²) < 4.78 is 26.0. The van der Waals surface area contributed by atoms with Gasteiger partial charge in [0.1, 0.15) is 0 Å². The summed E-state index contributed by atoms with van der Waals surface area (Å²) in [4.78, 5) is 0. The Balaban J connectivity index is 2.82. The van der Waals surface area contributed by atoms with E-state index in [9.17, 15) is 8.78 Å². The molecule has 0 aromatic heterocycles. The predicted molar refractivity (Wildman–Crippen MR) is 68.2 cm³/mol. The van der Waals surface area contributed by atoms with Gasteiger partial charge in [0.2, 0.25) is 0 Å². The Morgan fingerprint density at radius 2 is 1.88 bits per heavy atom. The van der Waals surface area contributed by atoms with Crippen LogP contribution >= 0.6 is 0 Å². The second-order valence-electron chi connectivity index (χ2n) is 4.48. The molecule has 0 amide bonds. The molecule has 17 heavy (non-hydrogen) atoms. The van der Waals surface area contributed by atoms with Crippen molar-refractivity contribution >= 4 is 0 Å². The lowest BCUT2D eigenvalue weighted by atomic mass is 9.93. The molecule has 0 fully saturated rings. The molecule has 1 aromatic rings. The highest BCUT2D eigenvalue weighted by atomic mass is 19.3. The largest absolute Gasteiger partial charge is 0.270 e.